The lowest BCUT2D eigenvalue weighted by Gasteiger charge is -2.25. The molecule has 0 aliphatic carbocycles. The van der Waals surface area contributed by atoms with E-state index in [1.165, 1.54) is 38.9 Å². The lowest BCUT2D eigenvalue weighted by atomic mass is 9.93. The highest BCUT2D eigenvalue weighted by Gasteiger charge is 2.26. The average molecular weight is 306 g/mol. The fourth-order valence-electron chi connectivity index (χ4n) is 3.88. The number of aryl methyl sites for hydroxylation is 2. The first kappa shape index (κ1) is 14.3. The number of methoxy groups -OCH3 is 1. The zero-order chi connectivity index (χ0) is 16.0. The summed E-state index contributed by atoms with van der Waals surface area (Å²) in [6.07, 6.45) is 1.07. The van der Waals surface area contributed by atoms with E-state index in [4.69, 9.17) is 4.74 Å². The number of aromatic amines is 1. The highest BCUT2D eigenvalue weighted by atomic mass is 16.5. The van der Waals surface area contributed by atoms with Gasteiger partial charge in [-0.25, -0.2) is 0 Å². The molecule has 0 bridgehead atoms. The van der Waals surface area contributed by atoms with Crippen LogP contribution >= 0.6 is 0 Å². The van der Waals surface area contributed by atoms with Crippen LogP contribution in [0.25, 0.3) is 10.9 Å². The molecule has 2 aromatic carbocycles. The Morgan fingerprint density at radius 2 is 2.00 bits per heavy atom. The number of aromatic nitrogens is 1. The third-order valence-corrected chi connectivity index (χ3v) is 4.82. The van der Waals surface area contributed by atoms with Crippen molar-refractivity contribution in [3.8, 4) is 5.75 Å². The van der Waals surface area contributed by atoms with Crippen molar-refractivity contribution in [2.24, 2.45) is 0 Å². The summed E-state index contributed by atoms with van der Waals surface area (Å²) in [5.74, 6) is 0.902. The van der Waals surface area contributed by atoms with E-state index in [0.717, 1.165) is 18.7 Å². The standard InChI is InChI=1S/C20H22N2O/c1-12-9-13(2)18-16-7-8-21-19(20(16)22-17(18)10-12)14-5-4-6-15(11-14)23-3/h4-6,9-11,19,21-22H,7-8H2,1-3H3. The monoisotopic (exact) mass is 306 g/mol. The molecule has 0 fully saturated rings. The van der Waals surface area contributed by atoms with Crippen molar-refractivity contribution in [2.45, 2.75) is 26.3 Å². The minimum atomic E-state index is 0.195. The van der Waals surface area contributed by atoms with Gasteiger partial charge in [-0.15, -0.1) is 0 Å². The Morgan fingerprint density at radius 1 is 1.13 bits per heavy atom. The summed E-state index contributed by atoms with van der Waals surface area (Å²) in [6.45, 7) is 5.37. The van der Waals surface area contributed by atoms with Crippen molar-refractivity contribution >= 4 is 10.9 Å². The Balaban J connectivity index is 1.89. The first-order valence-corrected chi connectivity index (χ1v) is 8.16. The number of fused-ring (bicyclic) bond motifs is 3. The van der Waals surface area contributed by atoms with Crippen LogP contribution in [0, 0.1) is 13.8 Å². The molecule has 118 valence electrons. The van der Waals surface area contributed by atoms with Gasteiger partial charge in [0.25, 0.3) is 0 Å². The summed E-state index contributed by atoms with van der Waals surface area (Å²) in [5, 5.41) is 5.05. The molecule has 1 atom stereocenters. The molecule has 0 radical (unpaired) electrons. The molecule has 0 spiro atoms. The molecule has 0 amide bonds. The third kappa shape index (κ3) is 2.32. The van der Waals surface area contributed by atoms with Gasteiger partial charge in [-0.3, -0.25) is 0 Å². The SMILES string of the molecule is COc1cccc(C2NCCc3c2[nH]c2cc(C)cc(C)c32)c1. The van der Waals surface area contributed by atoms with E-state index in [9.17, 15) is 0 Å². The van der Waals surface area contributed by atoms with Crippen molar-refractivity contribution in [1.29, 1.82) is 0 Å². The number of nitrogens with one attached hydrogen (secondary N) is 2. The topological polar surface area (TPSA) is 37.0 Å². The average Bonchev–Trinajstić information content (AvgIpc) is 2.93. The number of H-pyrrole nitrogens is 1. The molecule has 0 saturated carbocycles. The maximum absolute atomic E-state index is 5.39. The summed E-state index contributed by atoms with van der Waals surface area (Å²) < 4.78 is 5.39. The van der Waals surface area contributed by atoms with Crippen molar-refractivity contribution in [1.82, 2.24) is 10.3 Å². The molecule has 3 nitrogen and oxygen atoms in total. The number of rotatable bonds is 2. The van der Waals surface area contributed by atoms with E-state index in [1.54, 1.807) is 7.11 Å². The molecule has 2 heterocycles. The Hall–Kier alpha value is -2.26. The van der Waals surface area contributed by atoms with Crippen LogP contribution in [-0.2, 0) is 6.42 Å². The molecular weight excluding hydrogens is 284 g/mol. The summed E-state index contributed by atoms with van der Waals surface area (Å²) in [4.78, 5) is 3.68. The summed E-state index contributed by atoms with van der Waals surface area (Å²) in [6, 6.07) is 13.1. The minimum absolute atomic E-state index is 0.195. The Labute approximate surface area is 136 Å². The molecule has 3 aromatic rings. The second kappa shape index (κ2) is 5.43. The predicted octanol–water partition coefficient (Wildman–Crippen LogP) is 4.03. The van der Waals surface area contributed by atoms with Gasteiger partial charge in [0.05, 0.1) is 13.2 Å². The normalized spacial score (nSPS) is 17.3. The van der Waals surface area contributed by atoms with Gasteiger partial charge in [0.15, 0.2) is 0 Å². The smallest absolute Gasteiger partial charge is 0.119 e. The van der Waals surface area contributed by atoms with Gasteiger partial charge >= 0.3 is 0 Å². The van der Waals surface area contributed by atoms with E-state index < -0.39 is 0 Å². The molecule has 23 heavy (non-hydrogen) atoms. The minimum Gasteiger partial charge on any atom is -0.497 e. The quantitative estimate of drug-likeness (QED) is 0.750. The molecule has 2 N–H and O–H groups in total. The van der Waals surface area contributed by atoms with Crippen LogP contribution in [0.4, 0.5) is 0 Å². The van der Waals surface area contributed by atoms with Gasteiger partial charge in [-0.2, -0.15) is 0 Å². The fraction of sp³-hybridized carbons (Fsp3) is 0.300. The number of benzene rings is 2. The molecule has 4 rings (SSSR count). The van der Waals surface area contributed by atoms with Gasteiger partial charge in [0, 0.05) is 23.1 Å². The summed E-state index contributed by atoms with van der Waals surface area (Å²) >= 11 is 0. The molecule has 1 aliphatic rings. The van der Waals surface area contributed by atoms with Crippen molar-refractivity contribution < 1.29 is 4.74 Å². The Morgan fingerprint density at radius 3 is 2.83 bits per heavy atom. The van der Waals surface area contributed by atoms with Gasteiger partial charge in [0.1, 0.15) is 5.75 Å². The third-order valence-electron chi connectivity index (χ3n) is 4.82. The van der Waals surface area contributed by atoms with Crippen LogP contribution in [0.15, 0.2) is 36.4 Å². The zero-order valence-corrected chi connectivity index (χ0v) is 13.9. The Kier molecular flexibility index (Phi) is 3.38. The van der Waals surface area contributed by atoms with E-state index in [-0.39, 0.29) is 6.04 Å². The van der Waals surface area contributed by atoms with Crippen LogP contribution in [0.1, 0.15) is 34.0 Å². The molecule has 3 heteroatoms. The molecule has 1 unspecified atom stereocenters. The predicted molar refractivity (Wildman–Crippen MR) is 94.3 cm³/mol. The van der Waals surface area contributed by atoms with E-state index in [0.29, 0.717) is 0 Å². The molecule has 0 saturated heterocycles. The van der Waals surface area contributed by atoms with Gasteiger partial charge in [-0.1, -0.05) is 18.2 Å². The van der Waals surface area contributed by atoms with Crippen molar-refractivity contribution in [3.05, 3.63) is 64.3 Å². The van der Waals surface area contributed by atoms with Crippen LogP contribution in [-0.4, -0.2) is 18.6 Å². The molecular formula is C20H22N2O. The fourth-order valence-corrected chi connectivity index (χ4v) is 3.88. The van der Waals surface area contributed by atoms with Crippen LogP contribution in [0.2, 0.25) is 0 Å². The van der Waals surface area contributed by atoms with Crippen LogP contribution < -0.4 is 10.1 Å². The maximum atomic E-state index is 5.39. The maximum Gasteiger partial charge on any atom is 0.119 e. The van der Waals surface area contributed by atoms with Crippen LogP contribution in [0.3, 0.4) is 0 Å². The highest BCUT2D eigenvalue weighted by Crippen LogP contribution is 2.36. The first-order chi connectivity index (χ1) is 11.2. The van der Waals surface area contributed by atoms with Crippen LogP contribution in [0.5, 0.6) is 5.75 Å². The molecule has 1 aliphatic heterocycles. The largest absolute Gasteiger partial charge is 0.497 e. The Bertz CT molecular complexity index is 879. The zero-order valence-electron chi connectivity index (χ0n) is 13.9. The van der Waals surface area contributed by atoms with E-state index in [2.05, 4.69) is 54.5 Å². The second-order valence-corrected chi connectivity index (χ2v) is 6.44. The van der Waals surface area contributed by atoms with Crippen molar-refractivity contribution in [2.75, 3.05) is 13.7 Å². The lowest BCUT2D eigenvalue weighted by molar-refractivity contribution is 0.413. The van der Waals surface area contributed by atoms with Gasteiger partial charge in [-0.05, 0) is 60.7 Å². The van der Waals surface area contributed by atoms with E-state index >= 15 is 0 Å². The second-order valence-electron chi connectivity index (χ2n) is 6.44. The lowest BCUT2D eigenvalue weighted by Crippen LogP contribution is -2.30. The number of ether oxygens (including phenoxy) is 1. The summed E-state index contributed by atoms with van der Waals surface area (Å²) in [7, 11) is 1.72. The van der Waals surface area contributed by atoms with Gasteiger partial charge in [0.2, 0.25) is 0 Å². The van der Waals surface area contributed by atoms with Crippen molar-refractivity contribution in [3.63, 3.8) is 0 Å². The number of hydrogen-bond acceptors (Lipinski definition) is 2. The summed E-state index contributed by atoms with van der Waals surface area (Å²) in [5.41, 5.74) is 7.93. The van der Waals surface area contributed by atoms with E-state index in [1.807, 2.05) is 6.07 Å². The van der Waals surface area contributed by atoms with Gasteiger partial charge < -0.3 is 15.0 Å². The first-order valence-electron chi connectivity index (χ1n) is 8.16. The molecule has 1 aromatic heterocycles. The number of hydrogen-bond donors (Lipinski definition) is 2. The highest BCUT2D eigenvalue weighted by molar-refractivity contribution is 5.89.